The van der Waals surface area contributed by atoms with Crippen molar-refractivity contribution in [3.8, 4) is 5.69 Å². The second-order valence-electron chi connectivity index (χ2n) is 6.25. The van der Waals surface area contributed by atoms with Gasteiger partial charge in [-0.2, -0.15) is 9.78 Å². The average Bonchev–Trinajstić information content (AvgIpc) is 2.67. The van der Waals surface area contributed by atoms with E-state index in [1.54, 1.807) is 18.2 Å². The third-order valence-corrected chi connectivity index (χ3v) is 4.26. The molecule has 0 radical (unpaired) electrons. The lowest BCUT2D eigenvalue weighted by Crippen LogP contribution is -2.43. The molecule has 0 bridgehead atoms. The van der Waals surface area contributed by atoms with Crippen molar-refractivity contribution in [3.63, 3.8) is 0 Å². The Kier molecular flexibility index (Phi) is 5.03. The third kappa shape index (κ3) is 3.72. The summed E-state index contributed by atoms with van der Waals surface area (Å²) in [4.78, 5) is 37.5. The van der Waals surface area contributed by atoms with Crippen LogP contribution in [0.2, 0.25) is 0 Å². The van der Waals surface area contributed by atoms with Gasteiger partial charge in [0.2, 0.25) is 5.69 Å². The second-order valence-corrected chi connectivity index (χ2v) is 6.25. The van der Waals surface area contributed by atoms with Gasteiger partial charge in [-0.05, 0) is 43.2 Å². The van der Waals surface area contributed by atoms with Gasteiger partial charge in [-0.1, -0.05) is 36.8 Å². The average molecular weight is 364 g/mol. The number of aryl methyl sites for hydroxylation is 2. The van der Waals surface area contributed by atoms with Gasteiger partial charge in [-0.25, -0.2) is 4.79 Å². The van der Waals surface area contributed by atoms with E-state index in [-0.39, 0.29) is 5.69 Å². The lowest BCUT2D eigenvalue weighted by molar-refractivity contribution is 0.101. The Morgan fingerprint density at radius 2 is 1.81 bits per heavy atom. The Morgan fingerprint density at radius 3 is 2.48 bits per heavy atom. The zero-order valence-corrected chi connectivity index (χ0v) is 15.4. The third-order valence-electron chi connectivity index (χ3n) is 4.26. The molecule has 7 nitrogen and oxygen atoms in total. The minimum Gasteiger partial charge on any atom is -0.320 e. The summed E-state index contributed by atoms with van der Waals surface area (Å²) in [6.45, 7) is 3.93. The van der Waals surface area contributed by atoms with Gasteiger partial charge in [-0.15, -0.1) is 0 Å². The Hall–Kier alpha value is -3.48. The Bertz CT molecular complexity index is 1110. The molecule has 7 heteroatoms. The summed E-state index contributed by atoms with van der Waals surface area (Å²) in [5, 5.41) is 6.71. The molecule has 0 aliphatic rings. The highest BCUT2D eigenvalue weighted by atomic mass is 16.2. The van der Waals surface area contributed by atoms with E-state index in [9.17, 15) is 14.4 Å². The molecule has 0 unspecified atom stereocenters. The molecule has 0 fully saturated rings. The molecule has 27 heavy (non-hydrogen) atoms. The molecule has 1 N–H and O–H groups in total. The normalized spacial score (nSPS) is 10.6. The SMILES string of the molecule is CCc1cccc(NC(=O)c2nn(-c3ccc(C)cc3)c(=O)n(C)c2=O)c1. The van der Waals surface area contributed by atoms with Gasteiger partial charge in [0.1, 0.15) is 0 Å². The molecule has 1 amide bonds. The number of anilines is 1. The molecule has 0 saturated carbocycles. The lowest BCUT2D eigenvalue weighted by atomic mass is 10.1. The number of rotatable bonds is 4. The van der Waals surface area contributed by atoms with Crippen molar-refractivity contribution in [1.29, 1.82) is 0 Å². The van der Waals surface area contributed by atoms with Crippen LogP contribution in [0.4, 0.5) is 5.69 Å². The van der Waals surface area contributed by atoms with E-state index in [0.717, 1.165) is 26.8 Å². The summed E-state index contributed by atoms with van der Waals surface area (Å²) in [7, 11) is 1.32. The molecule has 3 aromatic rings. The monoisotopic (exact) mass is 364 g/mol. The van der Waals surface area contributed by atoms with Crippen molar-refractivity contribution in [3.05, 3.63) is 86.2 Å². The van der Waals surface area contributed by atoms with E-state index in [1.807, 2.05) is 44.2 Å². The maximum absolute atomic E-state index is 12.6. The van der Waals surface area contributed by atoms with Gasteiger partial charge in [0.05, 0.1) is 5.69 Å². The molecule has 138 valence electrons. The second kappa shape index (κ2) is 7.41. The van der Waals surface area contributed by atoms with Crippen LogP contribution in [-0.4, -0.2) is 20.3 Å². The van der Waals surface area contributed by atoms with Crippen molar-refractivity contribution in [2.75, 3.05) is 5.32 Å². The van der Waals surface area contributed by atoms with E-state index in [0.29, 0.717) is 11.4 Å². The molecule has 0 saturated heterocycles. The maximum Gasteiger partial charge on any atom is 0.351 e. The maximum atomic E-state index is 12.6. The minimum atomic E-state index is -0.743. The minimum absolute atomic E-state index is 0.348. The van der Waals surface area contributed by atoms with Crippen molar-refractivity contribution >= 4 is 11.6 Å². The van der Waals surface area contributed by atoms with Crippen LogP contribution in [0.5, 0.6) is 0 Å². The smallest absolute Gasteiger partial charge is 0.320 e. The molecule has 0 aliphatic heterocycles. The van der Waals surface area contributed by atoms with Crippen LogP contribution in [0.1, 0.15) is 28.5 Å². The fourth-order valence-corrected chi connectivity index (χ4v) is 2.63. The first-order chi connectivity index (χ1) is 12.9. The zero-order valence-electron chi connectivity index (χ0n) is 15.4. The zero-order chi connectivity index (χ0) is 19.6. The van der Waals surface area contributed by atoms with Gasteiger partial charge in [0.25, 0.3) is 11.5 Å². The Labute approximate surface area is 155 Å². The lowest BCUT2D eigenvalue weighted by Gasteiger charge is -2.10. The van der Waals surface area contributed by atoms with Gasteiger partial charge >= 0.3 is 5.69 Å². The molecule has 1 heterocycles. The van der Waals surface area contributed by atoms with Gasteiger partial charge in [-0.3, -0.25) is 14.2 Å². The summed E-state index contributed by atoms with van der Waals surface area (Å²) >= 11 is 0. The molecular formula is C20H20N4O3. The Balaban J connectivity index is 2.04. The summed E-state index contributed by atoms with van der Waals surface area (Å²) in [5.41, 5.74) is 1.41. The summed E-state index contributed by atoms with van der Waals surface area (Å²) in [6.07, 6.45) is 0.821. The fraction of sp³-hybridized carbons (Fsp3) is 0.200. The molecule has 1 aromatic heterocycles. The Morgan fingerprint density at radius 1 is 1.11 bits per heavy atom. The number of carbonyl (C=O) groups excluding carboxylic acids is 1. The summed E-state index contributed by atoms with van der Waals surface area (Å²) in [5.74, 6) is -0.662. The van der Waals surface area contributed by atoms with Gasteiger partial charge in [0, 0.05) is 12.7 Å². The predicted octanol–water partition coefficient (Wildman–Crippen LogP) is 2.05. The van der Waals surface area contributed by atoms with E-state index in [1.165, 1.54) is 7.05 Å². The summed E-state index contributed by atoms with van der Waals surface area (Å²) < 4.78 is 1.93. The van der Waals surface area contributed by atoms with Crippen LogP contribution in [-0.2, 0) is 13.5 Å². The van der Waals surface area contributed by atoms with Crippen molar-refractivity contribution in [2.24, 2.45) is 7.05 Å². The number of nitrogens with zero attached hydrogens (tertiary/aromatic N) is 3. The van der Waals surface area contributed by atoms with Crippen molar-refractivity contribution in [1.82, 2.24) is 14.3 Å². The number of hydrogen-bond donors (Lipinski definition) is 1. The molecule has 0 spiro atoms. The van der Waals surface area contributed by atoms with E-state index >= 15 is 0 Å². The highest BCUT2D eigenvalue weighted by molar-refractivity contribution is 6.02. The number of nitrogens with one attached hydrogen (secondary N) is 1. The summed E-state index contributed by atoms with van der Waals surface area (Å²) in [6, 6.07) is 14.4. The van der Waals surface area contributed by atoms with Crippen LogP contribution < -0.4 is 16.6 Å². The highest BCUT2D eigenvalue weighted by Crippen LogP contribution is 2.12. The van der Waals surface area contributed by atoms with Gasteiger partial charge in [0.15, 0.2) is 0 Å². The first-order valence-corrected chi connectivity index (χ1v) is 8.58. The molecule has 0 aliphatic carbocycles. The van der Waals surface area contributed by atoms with Gasteiger partial charge < -0.3 is 5.32 Å². The number of hydrogen-bond acceptors (Lipinski definition) is 4. The van der Waals surface area contributed by atoms with E-state index in [2.05, 4.69) is 10.4 Å². The topological polar surface area (TPSA) is 86.0 Å². The van der Waals surface area contributed by atoms with Crippen LogP contribution in [0.15, 0.2) is 58.1 Å². The molecule has 2 aromatic carbocycles. The molecule has 0 atom stereocenters. The predicted molar refractivity (Wildman–Crippen MR) is 104 cm³/mol. The standard InChI is InChI=1S/C20H20N4O3/c1-4-14-6-5-7-15(12-14)21-18(25)17-19(26)23(3)20(27)24(22-17)16-10-8-13(2)9-11-16/h5-12H,4H2,1-3H3,(H,21,25). The fourth-order valence-electron chi connectivity index (χ4n) is 2.63. The highest BCUT2D eigenvalue weighted by Gasteiger charge is 2.19. The number of carbonyl (C=O) groups is 1. The quantitative estimate of drug-likeness (QED) is 0.768. The first-order valence-electron chi connectivity index (χ1n) is 8.58. The number of benzene rings is 2. The molecular weight excluding hydrogens is 344 g/mol. The first kappa shape index (κ1) is 18.3. The largest absolute Gasteiger partial charge is 0.351 e. The number of amides is 1. The van der Waals surface area contributed by atoms with Crippen LogP contribution in [0.3, 0.4) is 0 Å². The van der Waals surface area contributed by atoms with E-state index in [4.69, 9.17) is 0 Å². The van der Waals surface area contributed by atoms with E-state index < -0.39 is 17.2 Å². The van der Waals surface area contributed by atoms with Crippen LogP contribution in [0, 0.1) is 6.92 Å². The van der Waals surface area contributed by atoms with Crippen molar-refractivity contribution < 1.29 is 4.79 Å². The van der Waals surface area contributed by atoms with Crippen LogP contribution in [0.25, 0.3) is 5.69 Å². The van der Waals surface area contributed by atoms with Crippen LogP contribution >= 0.6 is 0 Å². The van der Waals surface area contributed by atoms with Crippen molar-refractivity contribution in [2.45, 2.75) is 20.3 Å². The molecule has 3 rings (SSSR count). The number of aromatic nitrogens is 3.